The van der Waals surface area contributed by atoms with Gasteiger partial charge in [-0.05, 0) is 40.3 Å². The number of rotatable bonds is 6. The van der Waals surface area contributed by atoms with E-state index in [1.54, 1.807) is 11.7 Å². The first kappa shape index (κ1) is 15.7. The van der Waals surface area contributed by atoms with Gasteiger partial charge in [-0.25, -0.2) is 4.68 Å². The lowest BCUT2D eigenvalue weighted by atomic mass is 10.1. The Morgan fingerprint density at radius 3 is 2.54 bits per heavy atom. The van der Waals surface area contributed by atoms with Gasteiger partial charge in [-0.3, -0.25) is 4.79 Å². The third kappa shape index (κ3) is 4.16. The maximum Gasteiger partial charge on any atom is 0.228 e. The van der Waals surface area contributed by atoms with Gasteiger partial charge in [0.2, 0.25) is 5.91 Å². The number of ether oxygens (including phenoxy) is 1. The number of aromatic nitrogens is 4. The topological polar surface area (TPSA) is 81.9 Å². The summed E-state index contributed by atoms with van der Waals surface area (Å²) in [6.07, 6.45) is 0.308. The second-order valence-electron chi connectivity index (χ2n) is 5.24. The van der Waals surface area contributed by atoms with Crippen LogP contribution in [0, 0.1) is 0 Å². The van der Waals surface area contributed by atoms with Crippen molar-refractivity contribution in [2.75, 3.05) is 5.32 Å². The zero-order valence-corrected chi connectivity index (χ0v) is 13.2. The van der Waals surface area contributed by atoms with Crippen molar-refractivity contribution in [3.8, 4) is 5.75 Å². The molecule has 0 atom stereocenters. The summed E-state index contributed by atoms with van der Waals surface area (Å²) in [4.78, 5) is 12.0. The number of benzene rings is 2. The average Bonchev–Trinajstić information content (AvgIpc) is 3.00. The number of tetrazole rings is 1. The number of nitrogens with one attached hydrogen (secondary N) is 1. The second kappa shape index (κ2) is 7.36. The molecule has 0 saturated carbocycles. The largest absolute Gasteiger partial charge is 0.486 e. The van der Waals surface area contributed by atoms with E-state index in [9.17, 15) is 4.79 Å². The van der Waals surface area contributed by atoms with Gasteiger partial charge in [0.15, 0.2) is 5.82 Å². The van der Waals surface area contributed by atoms with Crippen molar-refractivity contribution in [3.05, 3.63) is 66.0 Å². The summed E-state index contributed by atoms with van der Waals surface area (Å²) in [6, 6.07) is 16.8. The first-order chi connectivity index (χ1) is 11.7. The minimum atomic E-state index is -0.0555. The number of anilines is 1. The van der Waals surface area contributed by atoms with Crippen molar-refractivity contribution in [1.29, 1.82) is 0 Å². The van der Waals surface area contributed by atoms with Crippen LogP contribution in [0.4, 0.5) is 5.69 Å². The molecule has 3 rings (SSSR count). The SMILES string of the molecule is Cn1nnnc1COc1ccc(CC(=O)Nc2ccccc2)cc1. The molecule has 7 nitrogen and oxygen atoms in total. The van der Waals surface area contributed by atoms with E-state index in [0.29, 0.717) is 18.0 Å². The third-order valence-electron chi connectivity index (χ3n) is 3.42. The van der Waals surface area contributed by atoms with Crippen LogP contribution >= 0.6 is 0 Å². The Morgan fingerprint density at radius 1 is 1.12 bits per heavy atom. The molecule has 0 bridgehead atoms. The van der Waals surface area contributed by atoms with E-state index in [0.717, 1.165) is 11.3 Å². The standard InChI is InChI=1S/C17H17N5O2/c1-22-16(19-20-21-22)12-24-15-9-7-13(8-10-15)11-17(23)18-14-5-3-2-4-6-14/h2-10H,11-12H2,1H3,(H,18,23). The molecular formula is C17H17N5O2. The second-order valence-corrected chi connectivity index (χ2v) is 5.24. The number of hydrogen-bond donors (Lipinski definition) is 1. The minimum Gasteiger partial charge on any atom is -0.486 e. The van der Waals surface area contributed by atoms with Crippen LogP contribution in [-0.2, 0) is 24.9 Å². The summed E-state index contributed by atoms with van der Waals surface area (Å²) in [7, 11) is 1.76. The van der Waals surface area contributed by atoms with E-state index < -0.39 is 0 Å². The van der Waals surface area contributed by atoms with Crippen LogP contribution in [0.25, 0.3) is 0 Å². The van der Waals surface area contributed by atoms with E-state index in [-0.39, 0.29) is 12.5 Å². The van der Waals surface area contributed by atoms with Gasteiger partial charge >= 0.3 is 0 Å². The molecule has 0 saturated heterocycles. The lowest BCUT2D eigenvalue weighted by molar-refractivity contribution is -0.115. The Hall–Kier alpha value is -3.22. The molecule has 1 heterocycles. The molecule has 0 radical (unpaired) electrons. The van der Waals surface area contributed by atoms with E-state index >= 15 is 0 Å². The number of amides is 1. The van der Waals surface area contributed by atoms with Crippen LogP contribution in [0.1, 0.15) is 11.4 Å². The monoisotopic (exact) mass is 323 g/mol. The predicted octanol–water partition coefficient (Wildman–Crippen LogP) is 1.97. The van der Waals surface area contributed by atoms with Crippen LogP contribution in [0.5, 0.6) is 5.75 Å². The highest BCUT2D eigenvalue weighted by molar-refractivity contribution is 5.92. The van der Waals surface area contributed by atoms with E-state index in [4.69, 9.17) is 4.74 Å². The summed E-state index contributed by atoms with van der Waals surface area (Å²) in [5.41, 5.74) is 1.70. The first-order valence-electron chi connectivity index (χ1n) is 7.48. The summed E-state index contributed by atoms with van der Waals surface area (Å²) >= 11 is 0. The van der Waals surface area contributed by atoms with Gasteiger partial charge in [0.05, 0.1) is 6.42 Å². The van der Waals surface area contributed by atoms with Crippen molar-refractivity contribution in [2.45, 2.75) is 13.0 Å². The third-order valence-corrected chi connectivity index (χ3v) is 3.42. The minimum absolute atomic E-state index is 0.0555. The number of carbonyl (C=O) groups is 1. The average molecular weight is 323 g/mol. The van der Waals surface area contributed by atoms with E-state index in [2.05, 4.69) is 20.8 Å². The van der Waals surface area contributed by atoms with Gasteiger partial charge in [-0.15, -0.1) is 5.10 Å². The molecular weight excluding hydrogens is 306 g/mol. The lowest BCUT2D eigenvalue weighted by Gasteiger charge is -2.07. The molecule has 2 aromatic carbocycles. The van der Waals surface area contributed by atoms with Gasteiger partial charge in [-0.2, -0.15) is 0 Å². The number of nitrogens with zero attached hydrogens (tertiary/aromatic N) is 4. The highest BCUT2D eigenvalue weighted by Crippen LogP contribution is 2.14. The molecule has 0 unspecified atom stereocenters. The normalized spacial score (nSPS) is 10.4. The maximum atomic E-state index is 12.0. The molecule has 0 spiro atoms. The molecule has 0 aliphatic heterocycles. The first-order valence-corrected chi connectivity index (χ1v) is 7.48. The quantitative estimate of drug-likeness (QED) is 0.750. The van der Waals surface area contributed by atoms with Crippen LogP contribution in [0.2, 0.25) is 0 Å². The van der Waals surface area contributed by atoms with Crippen molar-refractivity contribution in [2.24, 2.45) is 7.05 Å². The highest BCUT2D eigenvalue weighted by Gasteiger charge is 2.06. The van der Waals surface area contributed by atoms with E-state index in [1.807, 2.05) is 54.6 Å². The van der Waals surface area contributed by atoms with Gasteiger partial charge in [0, 0.05) is 12.7 Å². The zero-order valence-electron chi connectivity index (χ0n) is 13.2. The number of hydrogen-bond acceptors (Lipinski definition) is 5. The molecule has 7 heteroatoms. The molecule has 0 aliphatic carbocycles. The number of para-hydroxylation sites is 1. The molecule has 3 aromatic rings. The Bertz CT molecular complexity index is 799. The Labute approximate surface area is 139 Å². The summed E-state index contributed by atoms with van der Waals surface area (Å²) in [5, 5.41) is 14.0. The number of carbonyl (C=O) groups excluding carboxylic acids is 1. The van der Waals surface area contributed by atoms with Crippen molar-refractivity contribution < 1.29 is 9.53 Å². The van der Waals surface area contributed by atoms with Gasteiger partial charge < -0.3 is 10.1 Å². The van der Waals surface area contributed by atoms with Crippen molar-refractivity contribution in [3.63, 3.8) is 0 Å². The van der Waals surface area contributed by atoms with Crippen LogP contribution < -0.4 is 10.1 Å². The molecule has 122 valence electrons. The molecule has 1 N–H and O–H groups in total. The fourth-order valence-electron chi connectivity index (χ4n) is 2.13. The van der Waals surface area contributed by atoms with Gasteiger partial charge in [0.1, 0.15) is 12.4 Å². The summed E-state index contributed by atoms with van der Waals surface area (Å²) < 4.78 is 7.18. The molecule has 1 aromatic heterocycles. The zero-order chi connectivity index (χ0) is 16.8. The molecule has 24 heavy (non-hydrogen) atoms. The van der Waals surface area contributed by atoms with Crippen LogP contribution in [0.3, 0.4) is 0 Å². The fourth-order valence-corrected chi connectivity index (χ4v) is 2.13. The lowest BCUT2D eigenvalue weighted by Crippen LogP contribution is -2.14. The van der Waals surface area contributed by atoms with Crippen LogP contribution in [-0.4, -0.2) is 26.1 Å². The van der Waals surface area contributed by atoms with Gasteiger partial charge in [0.25, 0.3) is 0 Å². The van der Waals surface area contributed by atoms with Crippen molar-refractivity contribution >= 4 is 11.6 Å². The highest BCUT2D eigenvalue weighted by atomic mass is 16.5. The van der Waals surface area contributed by atoms with Gasteiger partial charge in [-0.1, -0.05) is 30.3 Å². The van der Waals surface area contributed by atoms with Crippen molar-refractivity contribution in [1.82, 2.24) is 20.2 Å². The Morgan fingerprint density at radius 2 is 1.88 bits per heavy atom. The van der Waals surface area contributed by atoms with E-state index in [1.165, 1.54) is 0 Å². The number of aryl methyl sites for hydroxylation is 1. The summed E-state index contributed by atoms with van der Waals surface area (Å²) in [5.74, 6) is 1.28. The summed E-state index contributed by atoms with van der Waals surface area (Å²) in [6.45, 7) is 0.289. The van der Waals surface area contributed by atoms with Crippen LogP contribution in [0.15, 0.2) is 54.6 Å². The predicted molar refractivity (Wildman–Crippen MR) is 88.3 cm³/mol. The smallest absolute Gasteiger partial charge is 0.228 e. The Kier molecular flexibility index (Phi) is 4.81. The maximum absolute atomic E-state index is 12.0. The molecule has 0 fully saturated rings. The molecule has 0 aliphatic rings. The molecule has 1 amide bonds. The fraction of sp³-hybridized carbons (Fsp3) is 0.176. The Balaban J connectivity index is 1.52.